The van der Waals surface area contributed by atoms with Gasteiger partial charge in [-0.15, -0.1) is 0 Å². The number of anilines is 1. The van der Waals surface area contributed by atoms with Gasteiger partial charge in [0.1, 0.15) is 5.15 Å². The molecular formula is C13H21ClN4O. The third kappa shape index (κ3) is 5.98. The average Bonchev–Trinajstić information content (AvgIpc) is 2.26. The number of rotatable bonds is 6. The molecule has 0 spiro atoms. The lowest BCUT2D eigenvalue weighted by Gasteiger charge is -2.12. The van der Waals surface area contributed by atoms with Gasteiger partial charge < -0.3 is 5.73 Å². The zero-order valence-electron chi connectivity index (χ0n) is 11.6. The van der Waals surface area contributed by atoms with Crippen LogP contribution in [0.2, 0.25) is 5.15 Å². The second-order valence-electron chi connectivity index (χ2n) is 4.95. The molecule has 0 radical (unpaired) electrons. The Balaban J connectivity index is 2.49. The first-order valence-electron chi connectivity index (χ1n) is 6.46. The molecule has 5 nitrogen and oxygen atoms in total. The van der Waals surface area contributed by atoms with Gasteiger partial charge in [0.2, 0.25) is 11.9 Å². The van der Waals surface area contributed by atoms with Crippen LogP contribution in [0.15, 0.2) is 6.07 Å². The topological polar surface area (TPSA) is 80.9 Å². The minimum Gasteiger partial charge on any atom is -0.328 e. The van der Waals surface area contributed by atoms with E-state index in [1.807, 2.05) is 13.8 Å². The van der Waals surface area contributed by atoms with E-state index in [4.69, 9.17) is 17.3 Å². The second-order valence-corrected chi connectivity index (χ2v) is 5.34. The van der Waals surface area contributed by atoms with Gasteiger partial charge in [0.25, 0.3) is 0 Å². The molecule has 1 aromatic rings. The highest BCUT2D eigenvalue weighted by molar-refractivity contribution is 6.29. The Hall–Kier alpha value is -1.20. The number of carbonyl (C=O) groups excluding carboxylic acids is 1. The molecule has 1 rings (SSSR count). The summed E-state index contributed by atoms with van der Waals surface area (Å²) in [6, 6.07) is 1.82. The first-order valence-corrected chi connectivity index (χ1v) is 6.84. The molecule has 0 aliphatic rings. The van der Waals surface area contributed by atoms with Crippen LogP contribution in [0.25, 0.3) is 0 Å². The first kappa shape index (κ1) is 15.9. The maximum atomic E-state index is 11.9. The van der Waals surface area contributed by atoms with E-state index in [1.54, 1.807) is 13.0 Å². The lowest BCUT2D eigenvalue weighted by Crippen LogP contribution is -2.22. The molecule has 6 heteroatoms. The zero-order valence-corrected chi connectivity index (χ0v) is 12.4. The molecule has 2 unspecified atom stereocenters. The van der Waals surface area contributed by atoms with Crippen molar-refractivity contribution in [2.75, 3.05) is 5.32 Å². The molecule has 1 aromatic heterocycles. The molecule has 106 valence electrons. The highest BCUT2D eigenvalue weighted by Crippen LogP contribution is 2.13. The molecule has 0 aliphatic heterocycles. The minimum absolute atomic E-state index is 0.0914. The summed E-state index contributed by atoms with van der Waals surface area (Å²) < 4.78 is 0. The highest BCUT2D eigenvalue weighted by Gasteiger charge is 2.14. The molecule has 1 amide bonds. The van der Waals surface area contributed by atoms with Gasteiger partial charge in [-0.05, 0) is 32.8 Å². The van der Waals surface area contributed by atoms with Crippen LogP contribution in [-0.2, 0) is 4.79 Å². The third-order valence-corrected chi connectivity index (χ3v) is 3.00. The van der Waals surface area contributed by atoms with E-state index in [0.29, 0.717) is 5.15 Å². The van der Waals surface area contributed by atoms with Gasteiger partial charge in [0, 0.05) is 17.7 Å². The van der Waals surface area contributed by atoms with Crippen molar-refractivity contribution in [2.24, 2.45) is 11.7 Å². The van der Waals surface area contributed by atoms with Gasteiger partial charge in [-0.3, -0.25) is 10.1 Å². The molecule has 2 atom stereocenters. The maximum absolute atomic E-state index is 11.9. The Morgan fingerprint density at radius 3 is 2.68 bits per heavy atom. The van der Waals surface area contributed by atoms with Gasteiger partial charge >= 0.3 is 0 Å². The first-order chi connectivity index (χ1) is 8.88. The molecule has 1 heterocycles. The summed E-state index contributed by atoms with van der Waals surface area (Å²) in [6.07, 6.45) is 2.65. The van der Waals surface area contributed by atoms with Gasteiger partial charge in [0.05, 0.1) is 0 Å². The molecule has 0 bridgehead atoms. The number of halogens is 1. The average molecular weight is 285 g/mol. The second kappa shape index (κ2) is 7.40. The number of amides is 1. The van der Waals surface area contributed by atoms with E-state index >= 15 is 0 Å². The highest BCUT2D eigenvalue weighted by atomic mass is 35.5. The Kier molecular flexibility index (Phi) is 6.18. The molecule has 0 aliphatic carbocycles. The van der Waals surface area contributed by atoms with Gasteiger partial charge in [-0.2, -0.15) is 0 Å². The van der Waals surface area contributed by atoms with E-state index in [9.17, 15) is 4.79 Å². The van der Waals surface area contributed by atoms with E-state index < -0.39 is 0 Å². The number of hydrogen-bond donors (Lipinski definition) is 2. The number of nitrogens with one attached hydrogen (secondary N) is 1. The summed E-state index contributed by atoms with van der Waals surface area (Å²) in [7, 11) is 0. The Labute approximate surface area is 119 Å². The fourth-order valence-electron chi connectivity index (χ4n) is 1.70. The monoisotopic (exact) mass is 284 g/mol. The predicted octanol–water partition coefficient (Wildman–Crippen LogP) is 2.53. The molecule has 3 N–H and O–H groups in total. The SMILES string of the molecule is Cc1cc(Cl)nc(NC(=O)C(C)CCCC(C)N)n1. The Morgan fingerprint density at radius 1 is 1.42 bits per heavy atom. The molecular weight excluding hydrogens is 264 g/mol. The van der Waals surface area contributed by atoms with Crippen LogP contribution in [-0.4, -0.2) is 21.9 Å². The van der Waals surface area contributed by atoms with Crippen molar-refractivity contribution in [2.45, 2.75) is 46.1 Å². The van der Waals surface area contributed by atoms with E-state index in [-0.39, 0.29) is 23.8 Å². The molecule has 0 fully saturated rings. The van der Waals surface area contributed by atoms with Crippen molar-refractivity contribution in [1.82, 2.24) is 9.97 Å². The minimum atomic E-state index is -0.0957. The van der Waals surface area contributed by atoms with E-state index in [2.05, 4.69) is 15.3 Å². The van der Waals surface area contributed by atoms with Gasteiger partial charge in [0.15, 0.2) is 0 Å². The lowest BCUT2D eigenvalue weighted by molar-refractivity contribution is -0.119. The summed E-state index contributed by atoms with van der Waals surface area (Å²) in [4.78, 5) is 20.0. The fraction of sp³-hybridized carbons (Fsp3) is 0.615. The molecule has 0 saturated carbocycles. The van der Waals surface area contributed by atoms with Crippen LogP contribution in [0, 0.1) is 12.8 Å². The van der Waals surface area contributed by atoms with Crippen LogP contribution in [0.3, 0.4) is 0 Å². The fourth-order valence-corrected chi connectivity index (χ4v) is 1.93. The number of aromatic nitrogens is 2. The molecule has 19 heavy (non-hydrogen) atoms. The van der Waals surface area contributed by atoms with Crippen molar-refractivity contribution >= 4 is 23.5 Å². The van der Waals surface area contributed by atoms with Crippen LogP contribution in [0.1, 0.15) is 38.8 Å². The maximum Gasteiger partial charge on any atom is 0.231 e. The summed E-state index contributed by atoms with van der Waals surface area (Å²) in [5, 5.41) is 3.01. The standard InChI is InChI=1S/C13H21ClN4O/c1-8(5-4-6-9(2)15)12(19)18-13-16-10(3)7-11(14)17-13/h7-9H,4-6,15H2,1-3H3,(H,16,17,18,19). The van der Waals surface area contributed by atoms with Crippen molar-refractivity contribution in [1.29, 1.82) is 0 Å². The van der Waals surface area contributed by atoms with Crippen molar-refractivity contribution in [3.05, 3.63) is 16.9 Å². The Bertz CT molecular complexity index is 416. The smallest absolute Gasteiger partial charge is 0.231 e. The summed E-state index contributed by atoms with van der Waals surface area (Å²) in [5.74, 6) is 0.0713. The lowest BCUT2D eigenvalue weighted by atomic mass is 10.0. The third-order valence-electron chi connectivity index (χ3n) is 2.80. The number of nitrogens with two attached hydrogens (primary N) is 1. The van der Waals surface area contributed by atoms with Crippen LogP contribution in [0.5, 0.6) is 0 Å². The van der Waals surface area contributed by atoms with E-state index in [1.165, 1.54) is 0 Å². The number of nitrogens with zero attached hydrogens (tertiary/aromatic N) is 2. The quantitative estimate of drug-likeness (QED) is 0.787. The summed E-state index contributed by atoms with van der Waals surface area (Å²) in [6.45, 7) is 5.65. The van der Waals surface area contributed by atoms with Crippen molar-refractivity contribution < 1.29 is 4.79 Å². The van der Waals surface area contributed by atoms with Crippen LogP contribution >= 0.6 is 11.6 Å². The Morgan fingerprint density at radius 2 is 2.11 bits per heavy atom. The number of hydrogen-bond acceptors (Lipinski definition) is 4. The normalized spacial score (nSPS) is 13.9. The summed E-state index contributed by atoms with van der Waals surface area (Å²) >= 11 is 5.82. The van der Waals surface area contributed by atoms with Crippen LogP contribution in [0.4, 0.5) is 5.95 Å². The van der Waals surface area contributed by atoms with Crippen molar-refractivity contribution in [3.63, 3.8) is 0 Å². The van der Waals surface area contributed by atoms with Crippen LogP contribution < -0.4 is 11.1 Å². The van der Waals surface area contributed by atoms with Crippen molar-refractivity contribution in [3.8, 4) is 0 Å². The summed E-state index contributed by atoms with van der Waals surface area (Å²) in [5.41, 5.74) is 6.40. The number of aryl methyl sites for hydroxylation is 1. The van der Waals surface area contributed by atoms with E-state index in [0.717, 1.165) is 25.0 Å². The van der Waals surface area contributed by atoms with Gasteiger partial charge in [-0.25, -0.2) is 9.97 Å². The van der Waals surface area contributed by atoms with Gasteiger partial charge in [-0.1, -0.05) is 24.9 Å². The zero-order chi connectivity index (χ0) is 14.4. The number of carbonyl (C=O) groups is 1. The molecule has 0 aromatic carbocycles. The molecule has 0 saturated heterocycles. The largest absolute Gasteiger partial charge is 0.328 e. The predicted molar refractivity (Wildman–Crippen MR) is 77.1 cm³/mol.